The van der Waals surface area contributed by atoms with Crippen LogP contribution < -0.4 is 9.64 Å². The van der Waals surface area contributed by atoms with Gasteiger partial charge in [0.2, 0.25) is 0 Å². The van der Waals surface area contributed by atoms with Crippen LogP contribution in [-0.4, -0.2) is 31.7 Å². The second kappa shape index (κ2) is 8.33. The summed E-state index contributed by atoms with van der Waals surface area (Å²) in [7, 11) is 0. The maximum atomic E-state index is 14.4. The molecular weight excluding hydrogens is 339 g/mol. The Kier molecular flexibility index (Phi) is 5.68. The number of nitrogens with zero attached hydrogens (tertiary/aromatic N) is 4. The molecule has 1 aliphatic rings. The molecule has 2 aromatic carbocycles. The molecule has 0 amide bonds. The number of hydrogen-bond acceptors (Lipinski definition) is 5. The van der Waals surface area contributed by atoms with E-state index in [1.165, 1.54) is 12.1 Å². The van der Waals surface area contributed by atoms with E-state index < -0.39 is 18.1 Å². The number of ether oxygens (including phenoxy) is 2. The summed E-state index contributed by atoms with van der Waals surface area (Å²) in [5.74, 6) is -0.396. The molecule has 1 saturated heterocycles. The lowest BCUT2D eigenvalue weighted by Crippen LogP contribution is -2.31. The molecule has 0 bridgehead atoms. The third-order valence-electron chi connectivity index (χ3n) is 3.99. The van der Waals surface area contributed by atoms with Crippen molar-refractivity contribution in [2.45, 2.75) is 18.9 Å². The van der Waals surface area contributed by atoms with E-state index in [9.17, 15) is 9.18 Å². The van der Waals surface area contributed by atoms with Crippen LogP contribution >= 0.6 is 0 Å². The highest BCUT2D eigenvalue weighted by molar-refractivity contribution is 5.66. The molecule has 1 fully saturated rings. The average molecular weight is 356 g/mol. The summed E-state index contributed by atoms with van der Waals surface area (Å²) in [5.41, 5.74) is 9.82. The van der Waals surface area contributed by atoms with Gasteiger partial charge in [-0.15, -0.1) is 0 Å². The van der Waals surface area contributed by atoms with Crippen LogP contribution in [0.1, 0.15) is 5.56 Å². The Morgan fingerprint density at radius 2 is 2.15 bits per heavy atom. The molecule has 134 valence electrons. The van der Waals surface area contributed by atoms with Gasteiger partial charge in [0.25, 0.3) is 0 Å². The third kappa shape index (κ3) is 4.11. The predicted molar refractivity (Wildman–Crippen MR) is 93.3 cm³/mol. The quantitative estimate of drug-likeness (QED) is 0.329. The first kappa shape index (κ1) is 17.7. The first-order chi connectivity index (χ1) is 12.7. The zero-order valence-corrected chi connectivity index (χ0v) is 13.9. The fourth-order valence-corrected chi connectivity index (χ4v) is 2.74. The highest BCUT2D eigenvalue weighted by Crippen LogP contribution is 2.29. The molecule has 0 radical (unpaired) electrons. The number of benzene rings is 2. The largest absolute Gasteiger partial charge is 0.486 e. The lowest BCUT2D eigenvalue weighted by molar-refractivity contribution is -0.117. The Bertz CT molecular complexity index is 811. The van der Waals surface area contributed by atoms with E-state index in [0.29, 0.717) is 18.5 Å². The number of carbonyl (C=O) groups is 1. The number of aldehydes is 1. The summed E-state index contributed by atoms with van der Waals surface area (Å²) in [6, 6.07) is 14.0. The van der Waals surface area contributed by atoms with Crippen LogP contribution in [0.4, 0.5) is 10.1 Å². The zero-order chi connectivity index (χ0) is 18.4. The average Bonchev–Trinajstić information content (AvgIpc) is 3.09. The van der Waals surface area contributed by atoms with Gasteiger partial charge in [0.05, 0.1) is 12.6 Å². The summed E-state index contributed by atoms with van der Waals surface area (Å²) >= 11 is 0. The summed E-state index contributed by atoms with van der Waals surface area (Å²) in [6.45, 7) is 0.694. The van der Waals surface area contributed by atoms with Gasteiger partial charge in [0.1, 0.15) is 6.61 Å². The standard InChI is InChI=1S/C18H17FN4O3/c19-16-8-14(23-10-15(9-21-22-20)26-18(23)11-24)6-7-17(16)25-12-13-4-2-1-3-5-13/h1-8,11,15,18H,9-10,12H2/t15-,18?/m1/s1. The van der Waals surface area contributed by atoms with E-state index in [1.54, 1.807) is 11.0 Å². The highest BCUT2D eigenvalue weighted by atomic mass is 19.1. The minimum absolute atomic E-state index is 0.109. The fraction of sp³-hybridized carbons (Fsp3) is 0.278. The van der Waals surface area contributed by atoms with Crippen LogP contribution in [0.3, 0.4) is 0 Å². The van der Waals surface area contributed by atoms with Crippen molar-refractivity contribution < 1.29 is 18.7 Å². The van der Waals surface area contributed by atoms with Gasteiger partial charge in [0, 0.05) is 23.2 Å². The second-order valence-electron chi connectivity index (χ2n) is 5.74. The first-order valence-corrected chi connectivity index (χ1v) is 8.06. The maximum Gasteiger partial charge on any atom is 0.187 e. The second-order valence-corrected chi connectivity index (χ2v) is 5.74. The lowest BCUT2D eigenvalue weighted by Gasteiger charge is -2.21. The van der Waals surface area contributed by atoms with Gasteiger partial charge in [-0.25, -0.2) is 4.39 Å². The first-order valence-electron chi connectivity index (χ1n) is 8.06. The number of carbonyl (C=O) groups excluding carboxylic acids is 1. The number of rotatable bonds is 7. The number of azide groups is 1. The summed E-state index contributed by atoms with van der Waals surface area (Å²) in [4.78, 5) is 15.5. The molecule has 7 nitrogen and oxygen atoms in total. The Hall–Kier alpha value is -3.09. The Labute approximate surface area is 149 Å². The van der Waals surface area contributed by atoms with E-state index >= 15 is 0 Å². The van der Waals surface area contributed by atoms with Gasteiger partial charge in [0.15, 0.2) is 24.1 Å². The topological polar surface area (TPSA) is 87.5 Å². The molecule has 26 heavy (non-hydrogen) atoms. The van der Waals surface area contributed by atoms with Gasteiger partial charge in [-0.3, -0.25) is 4.79 Å². The molecule has 0 spiro atoms. The van der Waals surface area contributed by atoms with Crippen molar-refractivity contribution in [3.05, 3.63) is 70.4 Å². The Morgan fingerprint density at radius 3 is 2.85 bits per heavy atom. The van der Waals surface area contributed by atoms with Crippen molar-refractivity contribution in [1.29, 1.82) is 0 Å². The van der Waals surface area contributed by atoms with E-state index in [0.717, 1.165) is 5.56 Å². The molecule has 1 heterocycles. The van der Waals surface area contributed by atoms with Crippen molar-refractivity contribution >= 4 is 12.0 Å². The van der Waals surface area contributed by atoms with E-state index in [2.05, 4.69) is 10.0 Å². The van der Waals surface area contributed by atoms with Crippen molar-refractivity contribution in [1.82, 2.24) is 0 Å². The van der Waals surface area contributed by atoms with Crippen LogP contribution in [-0.2, 0) is 16.1 Å². The van der Waals surface area contributed by atoms with E-state index in [1.807, 2.05) is 30.3 Å². The normalized spacial score (nSPS) is 19.0. The van der Waals surface area contributed by atoms with Gasteiger partial charge in [-0.2, -0.15) is 0 Å². The fourth-order valence-electron chi connectivity index (χ4n) is 2.74. The van der Waals surface area contributed by atoms with Crippen LogP contribution in [0.15, 0.2) is 53.6 Å². The van der Waals surface area contributed by atoms with Crippen LogP contribution in [0.25, 0.3) is 10.4 Å². The molecule has 8 heteroatoms. The number of halogens is 1. The Balaban J connectivity index is 1.70. The van der Waals surface area contributed by atoms with Crippen LogP contribution in [0, 0.1) is 5.82 Å². The Morgan fingerprint density at radius 1 is 1.35 bits per heavy atom. The maximum absolute atomic E-state index is 14.4. The molecule has 1 unspecified atom stereocenters. The molecule has 0 N–H and O–H groups in total. The molecule has 0 aliphatic carbocycles. The van der Waals surface area contributed by atoms with E-state index in [4.69, 9.17) is 15.0 Å². The molecule has 0 aromatic heterocycles. The van der Waals surface area contributed by atoms with Crippen molar-refractivity contribution in [2.24, 2.45) is 5.11 Å². The zero-order valence-electron chi connectivity index (χ0n) is 13.9. The SMILES string of the molecule is [N-]=[N+]=NC[C@@H]1CN(c2ccc(OCc3ccccc3)c(F)c2)C(C=O)O1. The predicted octanol–water partition coefficient (Wildman–Crippen LogP) is 3.45. The summed E-state index contributed by atoms with van der Waals surface area (Å²) < 4.78 is 25.4. The highest BCUT2D eigenvalue weighted by Gasteiger charge is 2.32. The van der Waals surface area contributed by atoms with Gasteiger partial charge >= 0.3 is 0 Å². The third-order valence-corrected chi connectivity index (χ3v) is 3.99. The molecular formula is C18H17FN4O3. The lowest BCUT2D eigenvalue weighted by atomic mass is 10.2. The van der Waals surface area contributed by atoms with Crippen molar-refractivity contribution in [3.8, 4) is 5.75 Å². The summed E-state index contributed by atoms with van der Waals surface area (Å²) in [5, 5.41) is 3.45. The van der Waals surface area contributed by atoms with Gasteiger partial charge < -0.3 is 14.4 Å². The molecule has 0 saturated carbocycles. The number of anilines is 1. The van der Waals surface area contributed by atoms with Crippen molar-refractivity contribution in [2.75, 3.05) is 18.0 Å². The van der Waals surface area contributed by atoms with Crippen LogP contribution in [0.2, 0.25) is 0 Å². The molecule has 2 aromatic rings. The van der Waals surface area contributed by atoms with Gasteiger partial charge in [-0.05, 0) is 23.2 Å². The van der Waals surface area contributed by atoms with Crippen LogP contribution in [0.5, 0.6) is 5.75 Å². The minimum Gasteiger partial charge on any atom is -0.486 e. The van der Waals surface area contributed by atoms with E-state index in [-0.39, 0.29) is 18.9 Å². The van der Waals surface area contributed by atoms with Crippen molar-refractivity contribution in [3.63, 3.8) is 0 Å². The number of hydrogen-bond donors (Lipinski definition) is 0. The van der Waals surface area contributed by atoms with Gasteiger partial charge in [-0.1, -0.05) is 35.4 Å². The smallest absolute Gasteiger partial charge is 0.187 e. The molecule has 3 rings (SSSR count). The monoisotopic (exact) mass is 356 g/mol. The molecule has 2 atom stereocenters. The summed E-state index contributed by atoms with van der Waals surface area (Å²) in [6.07, 6.45) is -0.629. The molecule has 1 aliphatic heterocycles. The minimum atomic E-state index is -0.843.